The maximum Gasteiger partial charge on any atom is 0.413 e. The van der Waals surface area contributed by atoms with Crippen molar-refractivity contribution in [3.63, 3.8) is 0 Å². The van der Waals surface area contributed by atoms with Crippen molar-refractivity contribution in [2.24, 2.45) is 0 Å². The Balaban J connectivity index is 2.15. The lowest BCUT2D eigenvalue weighted by molar-refractivity contribution is 0.0635. The summed E-state index contributed by atoms with van der Waals surface area (Å²) in [5, 5.41) is 15.2. The van der Waals surface area contributed by atoms with Crippen LogP contribution in [0.25, 0.3) is 5.69 Å². The molecule has 1 heterocycles. The SMILES string of the molecule is CC(C)(C)OC(=O)Nc1ccn(-c2ccc(C#N)cc2F)n1. The molecule has 0 aliphatic rings. The molecule has 0 unspecified atom stereocenters. The highest BCUT2D eigenvalue weighted by Gasteiger charge is 2.17. The molecule has 6 nitrogen and oxygen atoms in total. The van der Waals surface area contributed by atoms with Crippen LogP contribution in [0.5, 0.6) is 0 Å². The van der Waals surface area contributed by atoms with Gasteiger partial charge in [0.25, 0.3) is 0 Å². The number of nitriles is 1. The molecule has 1 aromatic carbocycles. The highest BCUT2D eigenvalue weighted by Crippen LogP contribution is 2.16. The van der Waals surface area contributed by atoms with Crippen molar-refractivity contribution in [1.82, 2.24) is 9.78 Å². The molecule has 1 N–H and O–H groups in total. The normalized spacial score (nSPS) is 10.9. The van der Waals surface area contributed by atoms with E-state index in [9.17, 15) is 9.18 Å². The summed E-state index contributed by atoms with van der Waals surface area (Å²) < 4.78 is 20.3. The number of carbonyl (C=O) groups is 1. The predicted octanol–water partition coefficient (Wildman–Crippen LogP) is 3.23. The van der Waals surface area contributed by atoms with Gasteiger partial charge in [-0.1, -0.05) is 0 Å². The van der Waals surface area contributed by atoms with Crippen LogP contribution in [0.4, 0.5) is 15.0 Å². The van der Waals surface area contributed by atoms with Crippen molar-refractivity contribution in [1.29, 1.82) is 5.26 Å². The molecular weight excluding hydrogens is 287 g/mol. The molecule has 114 valence electrons. The molecule has 0 fully saturated rings. The van der Waals surface area contributed by atoms with Crippen LogP contribution in [0.1, 0.15) is 26.3 Å². The number of ether oxygens (including phenoxy) is 1. The fourth-order valence-corrected chi connectivity index (χ4v) is 1.70. The van der Waals surface area contributed by atoms with Crippen molar-refractivity contribution in [3.05, 3.63) is 41.8 Å². The first-order valence-corrected chi connectivity index (χ1v) is 6.54. The van der Waals surface area contributed by atoms with E-state index in [0.717, 1.165) is 6.07 Å². The Kier molecular flexibility index (Phi) is 4.13. The average Bonchev–Trinajstić information content (AvgIpc) is 2.84. The Labute approximate surface area is 127 Å². The molecule has 1 amide bonds. The summed E-state index contributed by atoms with van der Waals surface area (Å²) >= 11 is 0. The van der Waals surface area contributed by atoms with Gasteiger partial charge in [0.2, 0.25) is 0 Å². The molecule has 0 radical (unpaired) electrons. The van der Waals surface area contributed by atoms with Crippen molar-refractivity contribution >= 4 is 11.9 Å². The third-order valence-corrected chi connectivity index (χ3v) is 2.54. The topological polar surface area (TPSA) is 79.9 Å². The van der Waals surface area contributed by atoms with Crippen LogP contribution in [0, 0.1) is 17.1 Å². The van der Waals surface area contributed by atoms with Gasteiger partial charge in [-0.2, -0.15) is 5.26 Å². The third-order valence-electron chi connectivity index (χ3n) is 2.54. The number of rotatable bonds is 2. The lowest BCUT2D eigenvalue weighted by Crippen LogP contribution is -2.27. The molecule has 2 rings (SSSR count). The summed E-state index contributed by atoms with van der Waals surface area (Å²) in [6, 6.07) is 7.42. The molecule has 7 heteroatoms. The number of anilines is 1. The second-order valence-corrected chi connectivity index (χ2v) is 5.55. The Hall–Kier alpha value is -2.88. The number of hydrogen-bond donors (Lipinski definition) is 1. The lowest BCUT2D eigenvalue weighted by atomic mass is 10.2. The monoisotopic (exact) mass is 302 g/mol. The average molecular weight is 302 g/mol. The molecule has 2 aromatic rings. The fraction of sp³-hybridized carbons (Fsp3) is 0.267. The number of amides is 1. The van der Waals surface area contributed by atoms with Gasteiger partial charge in [0.05, 0.1) is 11.6 Å². The second-order valence-electron chi connectivity index (χ2n) is 5.55. The third kappa shape index (κ3) is 3.82. The van der Waals surface area contributed by atoms with E-state index < -0.39 is 17.5 Å². The highest BCUT2D eigenvalue weighted by atomic mass is 19.1. The van der Waals surface area contributed by atoms with Gasteiger partial charge in [-0.05, 0) is 39.0 Å². The predicted molar refractivity (Wildman–Crippen MR) is 78.1 cm³/mol. The Morgan fingerprint density at radius 2 is 2.14 bits per heavy atom. The number of aromatic nitrogens is 2. The van der Waals surface area contributed by atoms with E-state index in [2.05, 4.69) is 10.4 Å². The quantitative estimate of drug-likeness (QED) is 0.923. The minimum absolute atomic E-state index is 0.177. The summed E-state index contributed by atoms with van der Waals surface area (Å²) in [5.41, 5.74) is -0.219. The van der Waals surface area contributed by atoms with Gasteiger partial charge in [-0.3, -0.25) is 5.32 Å². The van der Waals surface area contributed by atoms with Crippen molar-refractivity contribution in [2.45, 2.75) is 26.4 Å². The molecule has 0 saturated heterocycles. The van der Waals surface area contributed by atoms with Gasteiger partial charge in [-0.15, -0.1) is 5.10 Å². The smallest absolute Gasteiger partial charge is 0.413 e. The zero-order valence-electron chi connectivity index (χ0n) is 12.4. The molecule has 0 atom stereocenters. The summed E-state index contributed by atoms with van der Waals surface area (Å²) in [6.45, 7) is 5.24. The molecule has 0 spiro atoms. The van der Waals surface area contributed by atoms with Crippen LogP contribution < -0.4 is 5.32 Å². The van der Waals surface area contributed by atoms with E-state index in [0.29, 0.717) is 0 Å². The van der Waals surface area contributed by atoms with Gasteiger partial charge in [0.15, 0.2) is 5.82 Å². The van der Waals surface area contributed by atoms with Crippen molar-refractivity contribution in [2.75, 3.05) is 5.32 Å². The second kappa shape index (κ2) is 5.85. The fourth-order valence-electron chi connectivity index (χ4n) is 1.70. The van der Waals surface area contributed by atoms with Crippen LogP contribution >= 0.6 is 0 Å². The van der Waals surface area contributed by atoms with E-state index >= 15 is 0 Å². The van der Waals surface area contributed by atoms with Crippen LogP contribution in [0.15, 0.2) is 30.5 Å². The van der Waals surface area contributed by atoms with Gasteiger partial charge >= 0.3 is 6.09 Å². The summed E-state index contributed by atoms with van der Waals surface area (Å²) in [6.07, 6.45) is 0.856. The maximum atomic E-state index is 13.9. The Morgan fingerprint density at radius 3 is 2.73 bits per heavy atom. The van der Waals surface area contributed by atoms with Crippen molar-refractivity contribution < 1.29 is 13.9 Å². The summed E-state index contributed by atoms with van der Waals surface area (Å²) in [7, 11) is 0. The first-order chi connectivity index (χ1) is 10.3. The molecular formula is C15H15FN4O2. The van der Waals surface area contributed by atoms with Gasteiger partial charge < -0.3 is 4.74 Å². The Bertz CT molecular complexity index is 741. The van der Waals surface area contributed by atoms with Gasteiger partial charge in [0, 0.05) is 12.3 Å². The zero-order chi connectivity index (χ0) is 16.3. The number of benzene rings is 1. The first kappa shape index (κ1) is 15.5. The highest BCUT2D eigenvalue weighted by molar-refractivity contribution is 5.83. The first-order valence-electron chi connectivity index (χ1n) is 6.54. The van der Waals surface area contributed by atoms with Crippen LogP contribution in [0.3, 0.4) is 0 Å². The molecule has 0 aliphatic heterocycles. The standard InChI is InChI=1S/C15H15FN4O2/c1-15(2,3)22-14(21)18-13-6-7-20(19-13)12-5-4-10(9-17)8-11(12)16/h4-8H,1-3H3,(H,18,19,21). The van der Waals surface area contributed by atoms with Crippen LogP contribution in [0.2, 0.25) is 0 Å². The number of halogens is 1. The summed E-state index contributed by atoms with van der Waals surface area (Å²) in [4.78, 5) is 11.6. The minimum Gasteiger partial charge on any atom is -0.444 e. The minimum atomic E-state index is -0.641. The largest absolute Gasteiger partial charge is 0.444 e. The van der Waals surface area contributed by atoms with Gasteiger partial charge in [0.1, 0.15) is 17.1 Å². The van der Waals surface area contributed by atoms with E-state index in [-0.39, 0.29) is 17.1 Å². The number of carbonyl (C=O) groups excluding carboxylic acids is 1. The van der Waals surface area contributed by atoms with E-state index in [1.165, 1.54) is 29.1 Å². The van der Waals surface area contributed by atoms with Gasteiger partial charge in [-0.25, -0.2) is 13.9 Å². The van der Waals surface area contributed by atoms with E-state index in [1.807, 2.05) is 6.07 Å². The summed E-state index contributed by atoms with van der Waals surface area (Å²) in [5.74, 6) is -0.344. The maximum absolute atomic E-state index is 13.9. The van der Waals surface area contributed by atoms with E-state index in [4.69, 9.17) is 10.00 Å². The van der Waals surface area contributed by atoms with Crippen LogP contribution in [-0.2, 0) is 4.74 Å². The Morgan fingerprint density at radius 1 is 1.41 bits per heavy atom. The molecule has 22 heavy (non-hydrogen) atoms. The zero-order valence-corrected chi connectivity index (χ0v) is 12.4. The molecule has 1 aromatic heterocycles. The van der Waals surface area contributed by atoms with E-state index in [1.54, 1.807) is 20.8 Å². The molecule has 0 aliphatic carbocycles. The molecule has 0 bridgehead atoms. The number of hydrogen-bond acceptors (Lipinski definition) is 4. The number of nitrogens with one attached hydrogen (secondary N) is 1. The van der Waals surface area contributed by atoms with Crippen LogP contribution in [-0.4, -0.2) is 21.5 Å². The lowest BCUT2D eigenvalue weighted by Gasteiger charge is -2.19. The molecule has 0 saturated carbocycles. The number of nitrogens with zero attached hydrogens (tertiary/aromatic N) is 3. The van der Waals surface area contributed by atoms with Crippen molar-refractivity contribution in [3.8, 4) is 11.8 Å².